The van der Waals surface area contributed by atoms with E-state index in [2.05, 4.69) is 27.8 Å². The molecule has 1 aliphatic carbocycles. The molecule has 1 heterocycles. The van der Waals surface area contributed by atoms with Crippen LogP contribution in [-0.2, 0) is 0 Å². The van der Waals surface area contributed by atoms with Gasteiger partial charge in [0.25, 0.3) is 0 Å². The van der Waals surface area contributed by atoms with Gasteiger partial charge in [-0.15, -0.1) is 5.10 Å². The van der Waals surface area contributed by atoms with Crippen molar-refractivity contribution in [3.63, 3.8) is 0 Å². The van der Waals surface area contributed by atoms with E-state index in [1.807, 2.05) is 0 Å². The number of nitrogens with one attached hydrogen (secondary N) is 1. The van der Waals surface area contributed by atoms with E-state index in [-0.39, 0.29) is 5.82 Å². The van der Waals surface area contributed by atoms with E-state index in [1.165, 1.54) is 29.9 Å². The summed E-state index contributed by atoms with van der Waals surface area (Å²) >= 11 is 0. The van der Waals surface area contributed by atoms with Crippen LogP contribution in [0.5, 0.6) is 0 Å². The van der Waals surface area contributed by atoms with Crippen LogP contribution in [0.1, 0.15) is 19.8 Å². The fourth-order valence-corrected chi connectivity index (χ4v) is 2.01. The van der Waals surface area contributed by atoms with E-state index in [0.29, 0.717) is 17.6 Å². The van der Waals surface area contributed by atoms with Crippen molar-refractivity contribution in [2.75, 3.05) is 5.32 Å². The number of benzene rings is 1. The van der Waals surface area contributed by atoms with Gasteiger partial charge in [0.05, 0.1) is 11.4 Å². The van der Waals surface area contributed by atoms with Gasteiger partial charge in [-0.05, 0) is 54.3 Å². The second kappa shape index (κ2) is 4.36. The fraction of sp³-hybridized carbons (Fsp3) is 0.417. The van der Waals surface area contributed by atoms with Crippen LogP contribution >= 0.6 is 0 Å². The van der Waals surface area contributed by atoms with E-state index >= 15 is 0 Å². The van der Waals surface area contributed by atoms with Crippen LogP contribution < -0.4 is 5.32 Å². The van der Waals surface area contributed by atoms with Crippen LogP contribution in [0.3, 0.4) is 0 Å². The molecular weight excluding hydrogens is 233 g/mol. The van der Waals surface area contributed by atoms with Crippen molar-refractivity contribution in [3.8, 4) is 5.69 Å². The lowest BCUT2D eigenvalue weighted by molar-refractivity contribution is 0.618. The monoisotopic (exact) mass is 247 g/mol. The second-order valence-corrected chi connectivity index (χ2v) is 4.69. The van der Waals surface area contributed by atoms with Crippen molar-refractivity contribution in [3.05, 3.63) is 30.3 Å². The van der Waals surface area contributed by atoms with E-state index in [0.717, 1.165) is 5.69 Å². The lowest BCUT2D eigenvalue weighted by atomic mass is 10.2. The molecule has 0 aliphatic heterocycles. The van der Waals surface area contributed by atoms with Gasteiger partial charge >= 0.3 is 0 Å². The number of aromatic nitrogens is 4. The van der Waals surface area contributed by atoms with Gasteiger partial charge in [0.15, 0.2) is 0 Å². The number of anilines is 1. The quantitative estimate of drug-likeness (QED) is 0.898. The standard InChI is InChI=1S/C12H14FN5/c1-8(9-2-3-9)15-12-6-10(4-5-11(12)13)18-7-14-16-17-18/h4-9,15H,2-3H2,1H3. The van der Waals surface area contributed by atoms with Gasteiger partial charge < -0.3 is 5.32 Å². The van der Waals surface area contributed by atoms with Crippen LogP contribution in [0, 0.1) is 11.7 Å². The summed E-state index contributed by atoms with van der Waals surface area (Å²) in [6.45, 7) is 2.08. The molecule has 1 aromatic heterocycles. The SMILES string of the molecule is CC(Nc1cc(-n2cnnn2)ccc1F)C1CC1. The summed E-state index contributed by atoms with van der Waals surface area (Å²) in [4.78, 5) is 0. The molecule has 1 fully saturated rings. The number of hydrogen-bond acceptors (Lipinski definition) is 4. The van der Waals surface area contributed by atoms with Gasteiger partial charge in [0.1, 0.15) is 12.1 Å². The maximum atomic E-state index is 13.7. The van der Waals surface area contributed by atoms with Crippen LogP contribution in [0.4, 0.5) is 10.1 Å². The van der Waals surface area contributed by atoms with Crippen molar-refractivity contribution in [2.45, 2.75) is 25.8 Å². The largest absolute Gasteiger partial charge is 0.380 e. The number of rotatable bonds is 4. The number of hydrogen-bond donors (Lipinski definition) is 1. The summed E-state index contributed by atoms with van der Waals surface area (Å²) < 4.78 is 15.2. The lowest BCUT2D eigenvalue weighted by Gasteiger charge is -2.15. The van der Waals surface area contributed by atoms with Crippen molar-refractivity contribution in [1.82, 2.24) is 20.2 Å². The third-order valence-corrected chi connectivity index (χ3v) is 3.28. The zero-order valence-electron chi connectivity index (χ0n) is 10.0. The van der Waals surface area contributed by atoms with Gasteiger partial charge in [-0.2, -0.15) is 0 Å². The predicted octanol–water partition coefficient (Wildman–Crippen LogP) is 2.01. The first-order valence-corrected chi connectivity index (χ1v) is 6.03. The molecule has 1 aliphatic rings. The number of tetrazole rings is 1. The Balaban J connectivity index is 1.86. The Bertz CT molecular complexity index is 535. The van der Waals surface area contributed by atoms with Crippen molar-refractivity contribution >= 4 is 5.69 Å². The molecule has 94 valence electrons. The molecule has 3 rings (SSSR count). The Kier molecular flexibility index (Phi) is 2.70. The van der Waals surface area contributed by atoms with Crippen LogP contribution in [0.15, 0.2) is 24.5 Å². The van der Waals surface area contributed by atoms with E-state index in [1.54, 1.807) is 12.1 Å². The first-order valence-electron chi connectivity index (χ1n) is 6.03. The van der Waals surface area contributed by atoms with Crippen molar-refractivity contribution in [1.29, 1.82) is 0 Å². The third kappa shape index (κ3) is 2.18. The average Bonchev–Trinajstić information content (AvgIpc) is 3.08. The number of halogens is 1. The lowest BCUT2D eigenvalue weighted by Crippen LogP contribution is -2.18. The minimum Gasteiger partial charge on any atom is -0.380 e. The van der Waals surface area contributed by atoms with Gasteiger partial charge in [-0.25, -0.2) is 9.07 Å². The van der Waals surface area contributed by atoms with Crippen molar-refractivity contribution in [2.24, 2.45) is 5.92 Å². The minimum atomic E-state index is -0.251. The number of nitrogens with zero attached hydrogens (tertiary/aromatic N) is 4. The summed E-state index contributed by atoms with van der Waals surface area (Å²) in [5.41, 5.74) is 1.24. The maximum absolute atomic E-state index is 13.7. The highest BCUT2D eigenvalue weighted by Gasteiger charge is 2.28. The molecule has 5 nitrogen and oxygen atoms in total. The summed E-state index contributed by atoms with van der Waals surface area (Å²) in [6, 6.07) is 5.10. The zero-order valence-corrected chi connectivity index (χ0v) is 10.0. The van der Waals surface area contributed by atoms with E-state index in [9.17, 15) is 4.39 Å². The first-order chi connectivity index (χ1) is 8.74. The predicted molar refractivity (Wildman–Crippen MR) is 64.9 cm³/mol. The molecule has 18 heavy (non-hydrogen) atoms. The van der Waals surface area contributed by atoms with Gasteiger partial charge in [0, 0.05) is 6.04 Å². The normalized spacial score (nSPS) is 16.6. The van der Waals surface area contributed by atoms with Crippen LogP contribution in [0.2, 0.25) is 0 Å². The van der Waals surface area contributed by atoms with Gasteiger partial charge in [-0.1, -0.05) is 0 Å². The van der Waals surface area contributed by atoms with Crippen LogP contribution in [0.25, 0.3) is 5.69 Å². The van der Waals surface area contributed by atoms with E-state index < -0.39 is 0 Å². The molecule has 6 heteroatoms. The summed E-state index contributed by atoms with van der Waals surface area (Å²) in [7, 11) is 0. The Hall–Kier alpha value is -1.98. The Morgan fingerprint density at radius 1 is 1.44 bits per heavy atom. The maximum Gasteiger partial charge on any atom is 0.146 e. The molecule has 0 radical (unpaired) electrons. The highest BCUT2D eigenvalue weighted by Crippen LogP contribution is 2.34. The Morgan fingerprint density at radius 3 is 2.94 bits per heavy atom. The fourth-order valence-electron chi connectivity index (χ4n) is 2.01. The second-order valence-electron chi connectivity index (χ2n) is 4.69. The molecule has 1 aromatic carbocycles. The topological polar surface area (TPSA) is 55.6 Å². The summed E-state index contributed by atoms with van der Waals surface area (Å²) in [5, 5.41) is 14.1. The molecule has 0 saturated heterocycles. The van der Waals surface area contributed by atoms with Crippen molar-refractivity contribution < 1.29 is 4.39 Å². The third-order valence-electron chi connectivity index (χ3n) is 3.28. The smallest absolute Gasteiger partial charge is 0.146 e. The molecule has 1 atom stereocenters. The average molecular weight is 247 g/mol. The molecule has 0 spiro atoms. The summed E-state index contributed by atoms with van der Waals surface area (Å²) in [6.07, 6.45) is 3.94. The molecule has 0 amide bonds. The Labute approximate surface area is 104 Å². The summed E-state index contributed by atoms with van der Waals surface area (Å²) in [5.74, 6) is 0.417. The highest BCUT2D eigenvalue weighted by atomic mass is 19.1. The molecule has 0 bridgehead atoms. The zero-order chi connectivity index (χ0) is 12.5. The van der Waals surface area contributed by atoms with E-state index in [4.69, 9.17) is 0 Å². The highest BCUT2D eigenvalue weighted by molar-refractivity contribution is 5.52. The molecule has 2 aromatic rings. The molecule has 1 saturated carbocycles. The van der Waals surface area contributed by atoms with Crippen LogP contribution in [-0.4, -0.2) is 26.2 Å². The molecular formula is C12H14FN5. The van der Waals surface area contributed by atoms with Gasteiger partial charge in [-0.3, -0.25) is 0 Å². The Morgan fingerprint density at radius 2 is 2.28 bits per heavy atom. The minimum absolute atomic E-state index is 0.251. The molecule has 1 N–H and O–H groups in total. The van der Waals surface area contributed by atoms with Gasteiger partial charge in [0.2, 0.25) is 0 Å². The molecule has 1 unspecified atom stereocenters. The first kappa shape index (κ1) is 11.1.